The van der Waals surface area contributed by atoms with Gasteiger partial charge in [-0.15, -0.1) is 0 Å². The van der Waals surface area contributed by atoms with Crippen LogP contribution in [0.25, 0.3) is 0 Å². The summed E-state index contributed by atoms with van der Waals surface area (Å²) >= 11 is 0. The lowest BCUT2D eigenvalue weighted by molar-refractivity contribution is 0.0420. The Morgan fingerprint density at radius 2 is 2.19 bits per heavy atom. The maximum absolute atomic E-state index is 12.4. The van der Waals surface area contributed by atoms with Gasteiger partial charge in [-0.2, -0.15) is 0 Å². The number of ether oxygens (including phenoxy) is 1. The van der Waals surface area contributed by atoms with Crippen molar-refractivity contribution in [2.75, 3.05) is 6.61 Å². The molecule has 0 saturated heterocycles. The average Bonchev–Trinajstić information content (AvgIpc) is 2.76. The van der Waals surface area contributed by atoms with Crippen molar-refractivity contribution in [2.24, 2.45) is 5.92 Å². The molecule has 2 unspecified atom stereocenters. The van der Waals surface area contributed by atoms with Gasteiger partial charge in [-0.05, 0) is 27.2 Å². The van der Waals surface area contributed by atoms with Crippen LogP contribution in [-0.2, 0) is 4.74 Å². The van der Waals surface area contributed by atoms with Gasteiger partial charge >= 0.3 is 6.09 Å². The molecule has 1 rings (SSSR count). The quantitative estimate of drug-likeness (QED) is 0.782. The maximum Gasteiger partial charge on any atom is 0.408 e. The van der Waals surface area contributed by atoms with Crippen molar-refractivity contribution >= 4 is 6.09 Å². The second kappa shape index (κ2) is 4.16. The van der Waals surface area contributed by atoms with Crippen molar-refractivity contribution < 1.29 is 23.4 Å². The third kappa shape index (κ3) is 3.04. The molecule has 1 aliphatic carbocycles. The van der Waals surface area contributed by atoms with Crippen molar-refractivity contribution in [2.45, 2.75) is 44.8 Å². The Morgan fingerprint density at radius 3 is 2.50 bits per heavy atom. The van der Waals surface area contributed by atoms with Crippen LogP contribution in [0.1, 0.15) is 27.2 Å². The first-order valence-electron chi connectivity index (χ1n) is 5.10. The van der Waals surface area contributed by atoms with Gasteiger partial charge in [-0.3, -0.25) is 0 Å². The number of aliphatic hydroxyl groups excluding tert-OH is 1. The van der Waals surface area contributed by atoms with E-state index in [1.807, 2.05) is 0 Å². The summed E-state index contributed by atoms with van der Waals surface area (Å²) in [5, 5.41) is 11.3. The second-order valence-electron chi connectivity index (χ2n) is 5.09. The van der Waals surface area contributed by atoms with Crippen LogP contribution in [0.5, 0.6) is 0 Å². The lowest BCUT2D eigenvalue weighted by Crippen LogP contribution is -2.45. The molecule has 0 bridgehead atoms. The van der Waals surface area contributed by atoms with E-state index < -0.39 is 36.2 Å². The molecule has 1 fully saturated rings. The van der Waals surface area contributed by atoms with Crippen LogP contribution < -0.4 is 5.32 Å². The molecule has 16 heavy (non-hydrogen) atoms. The third-order valence-electron chi connectivity index (χ3n) is 2.47. The number of amides is 1. The largest absolute Gasteiger partial charge is 0.444 e. The van der Waals surface area contributed by atoms with Gasteiger partial charge in [0.05, 0.1) is 12.1 Å². The molecule has 4 nitrogen and oxygen atoms in total. The SMILES string of the molecule is CC(C)(C)OC(=O)NC1(CO)CC1C(F)F. The molecule has 0 radical (unpaired) electrons. The Hall–Kier alpha value is -0.910. The third-order valence-corrected chi connectivity index (χ3v) is 2.47. The summed E-state index contributed by atoms with van der Waals surface area (Å²) in [6.07, 6.45) is -3.23. The van der Waals surface area contributed by atoms with Crippen molar-refractivity contribution in [1.29, 1.82) is 0 Å². The lowest BCUT2D eigenvalue weighted by Gasteiger charge is -2.23. The highest BCUT2D eigenvalue weighted by atomic mass is 19.3. The number of rotatable bonds is 3. The summed E-state index contributed by atoms with van der Waals surface area (Å²) in [6.45, 7) is 4.53. The Kier molecular flexibility index (Phi) is 3.42. The number of halogens is 2. The van der Waals surface area contributed by atoms with Crippen molar-refractivity contribution in [3.63, 3.8) is 0 Å². The number of hydrogen-bond acceptors (Lipinski definition) is 3. The molecule has 0 aromatic carbocycles. The average molecular weight is 237 g/mol. The molecular formula is C10H17F2NO3. The summed E-state index contributed by atoms with van der Waals surface area (Å²) in [5.41, 5.74) is -1.88. The molecule has 0 aromatic rings. The van der Waals surface area contributed by atoms with E-state index in [1.165, 1.54) is 0 Å². The van der Waals surface area contributed by atoms with E-state index in [0.717, 1.165) is 0 Å². The maximum atomic E-state index is 12.4. The number of hydrogen-bond donors (Lipinski definition) is 2. The van der Waals surface area contributed by atoms with E-state index in [2.05, 4.69) is 5.32 Å². The van der Waals surface area contributed by atoms with Crippen LogP contribution in [0.2, 0.25) is 0 Å². The Bertz CT molecular complexity index is 278. The predicted molar refractivity (Wildman–Crippen MR) is 53.3 cm³/mol. The minimum absolute atomic E-state index is 0.0837. The first kappa shape index (κ1) is 13.2. The smallest absolute Gasteiger partial charge is 0.408 e. The van der Waals surface area contributed by atoms with Gasteiger partial charge in [0.25, 0.3) is 0 Å². The zero-order chi connectivity index (χ0) is 12.6. The zero-order valence-corrected chi connectivity index (χ0v) is 9.59. The van der Waals surface area contributed by atoms with Gasteiger partial charge in [0.2, 0.25) is 6.43 Å². The number of carbonyl (C=O) groups is 1. The Labute approximate surface area is 93.0 Å². The van der Waals surface area contributed by atoms with Gasteiger partial charge in [-0.25, -0.2) is 13.6 Å². The fourth-order valence-corrected chi connectivity index (χ4v) is 1.54. The van der Waals surface area contributed by atoms with E-state index in [9.17, 15) is 13.6 Å². The number of nitrogens with one attached hydrogen (secondary N) is 1. The normalized spacial score (nSPS) is 29.1. The van der Waals surface area contributed by atoms with E-state index in [4.69, 9.17) is 9.84 Å². The topological polar surface area (TPSA) is 58.6 Å². The minimum Gasteiger partial charge on any atom is -0.444 e. The number of aliphatic hydroxyl groups is 1. The summed E-state index contributed by atoms with van der Waals surface area (Å²) < 4.78 is 29.7. The summed E-state index contributed by atoms with van der Waals surface area (Å²) in [4.78, 5) is 11.4. The molecule has 2 N–H and O–H groups in total. The molecule has 0 aromatic heterocycles. The molecule has 0 aliphatic heterocycles. The van der Waals surface area contributed by atoms with Crippen LogP contribution >= 0.6 is 0 Å². The predicted octanol–water partition coefficient (Wildman–Crippen LogP) is 1.53. The van der Waals surface area contributed by atoms with Crippen LogP contribution in [0, 0.1) is 5.92 Å². The fourth-order valence-electron chi connectivity index (χ4n) is 1.54. The minimum atomic E-state index is -2.54. The standard InChI is InChI=1S/C10H17F2NO3/c1-9(2,3)16-8(15)13-10(5-14)4-6(10)7(11)12/h6-7,14H,4-5H2,1-3H3,(H,13,15). The van der Waals surface area contributed by atoms with Crippen LogP contribution in [-0.4, -0.2) is 35.4 Å². The fraction of sp³-hybridized carbons (Fsp3) is 0.900. The first-order chi connectivity index (χ1) is 7.20. The number of alkyl carbamates (subject to hydrolysis) is 1. The first-order valence-corrected chi connectivity index (χ1v) is 5.10. The monoisotopic (exact) mass is 237 g/mol. The van der Waals surface area contributed by atoms with E-state index in [0.29, 0.717) is 0 Å². The lowest BCUT2D eigenvalue weighted by atomic mass is 10.2. The van der Waals surface area contributed by atoms with Crippen LogP contribution in [0.15, 0.2) is 0 Å². The van der Waals surface area contributed by atoms with Gasteiger partial charge < -0.3 is 15.2 Å². The Morgan fingerprint density at radius 1 is 1.62 bits per heavy atom. The van der Waals surface area contributed by atoms with Crippen molar-refractivity contribution in [3.05, 3.63) is 0 Å². The number of carbonyl (C=O) groups excluding carboxylic acids is 1. The van der Waals surface area contributed by atoms with Crippen LogP contribution in [0.4, 0.5) is 13.6 Å². The number of alkyl halides is 2. The molecule has 2 atom stereocenters. The van der Waals surface area contributed by atoms with E-state index >= 15 is 0 Å². The Balaban J connectivity index is 2.51. The van der Waals surface area contributed by atoms with Crippen LogP contribution in [0.3, 0.4) is 0 Å². The van der Waals surface area contributed by atoms with Gasteiger partial charge in [-0.1, -0.05) is 0 Å². The second-order valence-corrected chi connectivity index (χ2v) is 5.09. The zero-order valence-electron chi connectivity index (χ0n) is 9.59. The van der Waals surface area contributed by atoms with Gasteiger partial charge in [0.1, 0.15) is 5.60 Å². The van der Waals surface area contributed by atoms with E-state index in [1.54, 1.807) is 20.8 Å². The summed E-state index contributed by atoms with van der Waals surface area (Å²) in [6, 6.07) is 0. The molecule has 1 aliphatic rings. The highest BCUT2D eigenvalue weighted by molar-refractivity contribution is 5.69. The van der Waals surface area contributed by atoms with Crippen molar-refractivity contribution in [3.8, 4) is 0 Å². The molecule has 0 heterocycles. The molecule has 94 valence electrons. The highest BCUT2D eigenvalue weighted by Gasteiger charge is 2.60. The molecule has 6 heteroatoms. The van der Waals surface area contributed by atoms with Gasteiger partial charge in [0.15, 0.2) is 0 Å². The van der Waals surface area contributed by atoms with Gasteiger partial charge in [0, 0.05) is 5.92 Å². The van der Waals surface area contributed by atoms with Crippen molar-refractivity contribution in [1.82, 2.24) is 5.32 Å². The molecule has 0 spiro atoms. The van der Waals surface area contributed by atoms with E-state index in [-0.39, 0.29) is 6.42 Å². The molecule has 1 amide bonds. The summed E-state index contributed by atoms with van der Waals surface area (Å²) in [5.74, 6) is -0.981. The molecular weight excluding hydrogens is 220 g/mol. The summed E-state index contributed by atoms with van der Waals surface area (Å²) in [7, 11) is 0. The molecule has 1 saturated carbocycles. The highest BCUT2D eigenvalue weighted by Crippen LogP contribution is 2.47.